The molecule has 0 amide bonds. The van der Waals surface area contributed by atoms with Crippen molar-refractivity contribution in [3.05, 3.63) is 52.8 Å². The first kappa shape index (κ1) is 12.0. The molecule has 3 nitrogen and oxygen atoms in total. The maximum absolute atomic E-state index is 12.3. The van der Waals surface area contributed by atoms with Crippen LogP contribution in [-0.4, -0.2) is 15.7 Å². The second-order valence-electron chi connectivity index (χ2n) is 3.81. The summed E-state index contributed by atoms with van der Waals surface area (Å²) in [5.74, 6) is -0.132. The predicted molar refractivity (Wildman–Crippen MR) is 70.0 cm³/mol. The number of hydrogen-bond donors (Lipinski definition) is 0. The van der Waals surface area contributed by atoms with Crippen LogP contribution in [0.1, 0.15) is 29.6 Å². The van der Waals surface area contributed by atoms with E-state index in [9.17, 15) is 4.79 Å². The lowest BCUT2D eigenvalue weighted by Crippen LogP contribution is -2.20. The van der Waals surface area contributed by atoms with E-state index in [1.165, 1.54) is 4.68 Å². The van der Waals surface area contributed by atoms with Gasteiger partial charge in [-0.2, -0.15) is 5.10 Å². The normalized spacial score (nSPS) is 12.4. The number of halogens is 1. The zero-order chi connectivity index (χ0) is 12.3. The molecule has 0 N–H and O–H groups in total. The molecule has 0 saturated heterocycles. The maximum atomic E-state index is 12.3. The minimum absolute atomic E-state index is 0.00407. The molecule has 0 fully saturated rings. The summed E-state index contributed by atoms with van der Waals surface area (Å²) in [4.78, 5) is 12.3. The SMILES string of the molecule is CCC(C(=O)n1cc(Br)cn1)c1ccccc1. The van der Waals surface area contributed by atoms with Gasteiger partial charge in [-0.25, -0.2) is 4.68 Å². The average Bonchev–Trinajstić information content (AvgIpc) is 2.78. The van der Waals surface area contributed by atoms with E-state index in [-0.39, 0.29) is 11.8 Å². The highest BCUT2D eigenvalue weighted by Crippen LogP contribution is 2.21. The van der Waals surface area contributed by atoms with E-state index >= 15 is 0 Å². The number of carbonyl (C=O) groups is 1. The van der Waals surface area contributed by atoms with Crippen molar-refractivity contribution in [3.63, 3.8) is 0 Å². The smallest absolute Gasteiger partial charge is 0.254 e. The van der Waals surface area contributed by atoms with E-state index in [0.717, 1.165) is 16.5 Å². The lowest BCUT2D eigenvalue weighted by Gasteiger charge is -2.13. The van der Waals surface area contributed by atoms with Gasteiger partial charge >= 0.3 is 0 Å². The van der Waals surface area contributed by atoms with Gasteiger partial charge in [0.1, 0.15) is 0 Å². The van der Waals surface area contributed by atoms with Crippen molar-refractivity contribution in [2.75, 3.05) is 0 Å². The molecule has 1 aromatic carbocycles. The zero-order valence-corrected chi connectivity index (χ0v) is 11.1. The molecule has 17 heavy (non-hydrogen) atoms. The van der Waals surface area contributed by atoms with E-state index in [2.05, 4.69) is 21.0 Å². The zero-order valence-electron chi connectivity index (χ0n) is 9.51. The number of aromatic nitrogens is 2. The Labute approximate surface area is 109 Å². The van der Waals surface area contributed by atoms with Crippen molar-refractivity contribution in [2.24, 2.45) is 0 Å². The van der Waals surface area contributed by atoms with Gasteiger partial charge in [0.25, 0.3) is 5.91 Å². The quantitative estimate of drug-likeness (QED) is 0.868. The molecular weight excluding hydrogens is 280 g/mol. The summed E-state index contributed by atoms with van der Waals surface area (Å²) < 4.78 is 2.21. The Hall–Kier alpha value is -1.42. The summed E-state index contributed by atoms with van der Waals surface area (Å²) in [6.45, 7) is 2.01. The lowest BCUT2D eigenvalue weighted by molar-refractivity contribution is 0.0858. The molecule has 0 radical (unpaired) electrons. The van der Waals surface area contributed by atoms with Gasteiger partial charge < -0.3 is 0 Å². The molecule has 0 bridgehead atoms. The van der Waals surface area contributed by atoms with Crippen LogP contribution in [0.4, 0.5) is 0 Å². The highest BCUT2D eigenvalue weighted by molar-refractivity contribution is 9.10. The van der Waals surface area contributed by atoms with Gasteiger partial charge in [-0.3, -0.25) is 4.79 Å². The van der Waals surface area contributed by atoms with Crippen molar-refractivity contribution in [1.29, 1.82) is 0 Å². The summed E-state index contributed by atoms with van der Waals surface area (Å²) in [5.41, 5.74) is 1.03. The minimum atomic E-state index is -0.136. The fourth-order valence-corrected chi connectivity index (χ4v) is 2.10. The van der Waals surface area contributed by atoms with Crippen molar-refractivity contribution >= 4 is 21.8 Å². The molecule has 0 saturated carbocycles. The van der Waals surface area contributed by atoms with Crippen molar-refractivity contribution in [1.82, 2.24) is 9.78 Å². The molecule has 0 aliphatic carbocycles. The van der Waals surface area contributed by atoms with E-state index in [0.29, 0.717) is 0 Å². The molecule has 1 aromatic heterocycles. The Bertz CT molecular complexity index is 507. The Balaban J connectivity index is 2.28. The first-order chi connectivity index (χ1) is 8.22. The van der Waals surface area contributed by atoms with E-state index in [1.54, 1.807) is 12.4 Å². The van der Waals surface area contributed by atoms with Crippen LogP contribution in [0.15, 0.2) is 47.2 Å². The van der Waals surface area contributed by atoms with Crippen LogP contribution in [0.3, 0.4) is 0 Å². The van der Waals surface area contributed by atoms with E-state index < -0.39 is 0 Å². The number of nitrogens with zero attached hydrogens (tertiary/aromatic N) is 2. The maximum Gasteiger partial charge on any atom is 0.254 e. The standard InChI is InChI=1S/C13H13BrN2O/c1-2-12(10-6-4-3-5-7-10)13(17)16-9-11(14)8-15-16/h3-9,12H,2H2,1H3. The highest BCUT2D eigenvalue weighted by atomic mass is 79.9. The van der Waals surface area contributed by atoms with Gasteiger partial charge in [-0.05, 0) is 27.9 Å². The number of benzene rings is 1. The monoisotopic (exact) mass is 292 g/mol. The molecule has 1 unspecified atom stereocenters. The van der Waals surface area contributed by atoms with Crippen molar-refractivity contribution in [2.45, 2.75) is 19.3 Å². The van der Waals surface area contributed by atoms with Crippen LogP contribution in [0.25, 0.3) is 0 Å². The summed E-state index contributed by atoms with van der Waals surface area (Å²) >= 11 is 3.29. The number of rotatable bonds is 3. The van der Waals surface area contributed by atoms with E-state index in [4.69, 9.17) is 0 Å². The van der Waals surface area contributed by atoms with E-state index in [1.807, 2.05) is 37.3 Å². The third-order valence-corrected chi connectivity index (χ3v) is 3.09. The minimum Gasteiger partial charge on any atom is -0.272 e. The fourth-order valence-electron chi connectivity index (χ4n) is 1.82. The van der Waals surface area contributed by atoms with Gasteiger partial charge in [-0.15, -0.1) is 0 Å². The molecular formula is C13H13BrN2O. The van der Waals surface area contributed by atoms with Crippen LogP contribution in [0, 0.1) is 0 Å². The van der Waals surface area contributed by atoms with Gasteiger partial charge in [0, 0.05) is 6.20 Å². The summed E-state index contributed by atoms with van der Waals surface area (Å²) in [6.07, 6.45) is 4.07. The predicted octanol–water partition coefficient (Wildman–Crippen LogP) is 3.48. The summed E-state index contributed by atoms with van der Waals surface area (Å²) in [6, 6.07) is 9.80. The van der Waals surface area contributed by atoms with Gasteiger partial charge in [-0.1, -0.05) is 37.3 Å². The molecule has 0 aliphatic rings. The number of hydrogen-bond acceptors (Lipinski definition) is 2. The van der Waals surface area contributed by atoms with Gasteiger partial charge in [0.2, 0.25) is 0 Å². The molecule has 2 aromatic rings. The van der Waals surface area contributed by atoms with Crippen LogP contribution < -0.4 is 0 Å². The van der Waals surface area contributed by atoms with Crippen LogP contribution in [-0.2, 0) is 0 Å². The van der Waals surface area contributed by atoms with Gasteiger partial charge in [0.05, 0.1) is 16.6 Å². The Morgan fingerprint density at radius 3 is 2.65 bits per heavy atom. The topological polar surface area (TPSA) is 34.9 Å². The highest BCUT2D eigenvalue weighted by Gasteiger charge is 2.20. The molecule has 2 rings (SSSR count). The molecule has 1 atom stereocenters. The first-order valence-electron chi connectivity index (χ1n) is 5.51. The Morgan fingerprint density at radius 2 is 2.12 bits per heavy atom. The Kier molecular flexibility index (Phi) is 3.74. The molecule has 0 spiro atoms. The second kappa shape index (κ2) is 5.27. The summed E-state index contributed by atoms with van der Waals surface area (Å²) in [5, 5.41) is 4.03. The van der Waals surface area contributed by atoms with Crippen LogP contribution >= 0.6 is 15.9 Å². The third kappa shape index (κ3) is 2.64. The lowest BCUT2D eigenvalue weighted by atomic mass is 9.96. The second-order valence-corrected chi connectivity index (χ2v) is 4.73. The average molecular weight is 293 g/mol. The fraction of sp³-hybridized carbons (Fsp3) is 0.231. The van der Waals surface area contributed by atoms with Crippen molar-refractivity contribution < 1.29 is 4.79 Å². The number of carbonyl (C=O) groups excluding carboxylic acids is 1. The summed E-state index contributed by atoms with van der Waals surface area (Å²) in [7, 11) is 0. The third-order valence-electron chi connectivity index (χ3n) is 2.69. The van der Waals surface area contributed by atoms with Crippen LogP contribution in [0.5, 0.6) is 0 Å². The largest absolute Gasteiger partial charge is 0.272 e. The molecule has 88 valence electrons. The molecule has 0 aliphatic heterocycles. The Morgan fingerprint density at radius 1 is 1.41 bits per heavy atom. The first-order valence-corrected chi connectivity index (χ1v) is 6.31. The van der Waals surface area contributed by atoms with Gasteiger partial charge in [0.15, 0.2) is 0 Å². The van der Waals surface area contributed by atoms with Crippen LogP contribution in [0.2, 0.25) is 0 Å². The molecule has 1 heterocycles. The van der Waals surface area contributed by atoms with Crippen molar-refractivity contribution in [3.8, 4) is 0 Å². The molecule has 4 heteroatoms.